The quantitative estimate of drug-likeness (QED) is 0.868. The largest absolute Gasteiger partial charge is 0.339 e. The van der Waals surface area contributed by atoms with Crippen molar-refractivity contribution in [2.24, 2.45) is 0 Å². The zero-order chi connectivity index (χ0) is 17.2. The fraction of sp³-hybridized carbons (Fsp3) is 0.579. The summed E-state index contributed by atoms with van der Waals surface area (Å²) in [5, 5.41) is 3.28. The second-order valence-electron chi connectivity index (χ2n) is 7.17. The van der Waals surface area contributed by atoms with Gasteiger partial charge in [0.05, 0.1) is 12.6 Å². The molecule has 3 aliphatic rings. The van der Waals surface area contributed by atoms with Crippen LogP contribution < -0.4 is 10.2 Å². The van der Waals surface area contributed by atoms with E-state index in [1.165, 1.54) is 5.56 Å². The molecule has 0 aromatic heterocycles. The Balaban J connectivity index is 1.29. The van der Waals surface area contributed by atoms with Gasteiger partial charge in [0.2, 0.25) is 11.8 Å². The first-order chi connectivity index (χ1) is 12.2. The van der Waals surface area contributed by atoms with Crippen LogP contribution in [0.15, 0.2) is 24.3 Å². The Morgan fingerprint density at radius 2 is 1.88 bits per heavy atom. The number of nitrogens with zero attached hydrogens (tertiary/aromatic N) is 3. The highest BCUT2D eigenvalue weighted by Gasteiger charge is 2.31. The maximum atomic E-state index is 12.7. The molecule has 0 radical (unpaired) electrons. The lowest BCUT2D eigenvalue weighted by Crippen LogP contribution is -2.54. The van der Waals surface area contributed by atoms with Crippen molar-refractivity contribution >= 4 is 17.5 Å². The van der Waals surface area contributed by atoms with Gasteiger partial charge in [-0.1, -0.05) is 18.2 Å². The molecule has 1 aromatic rings. The first kappa shape index (κ1) is 16.5. The van der Waals surface area contributed by atoms with Crippen molar-refractivity contribution in [2.75, 3.05) is 50.7 Å². The van der Waals surface area contributed by atoms with Gasteiger partial charge in [0.1, 0.15) is 0 Å². The van der Waals surface area contributed by atoms with Crippen LogP contribution in [0.3, 0.4) is 0 Å². The average Bonchev–Trinajstić information content (AvgIpc) is 3.31. The van der Waals surface area contributed by atoms with Gasteiger partial charge < -0.3 is 15.1 Å². The van der Waals surface area contributed by atoms with Crippen LogP contribution in [0.1, 0.15) is 18.4 Å². The molecule has 2 amide bonds. The van der Waals surface area contributed by atoms with E-state index in [1.54, 1.807) is 0 Å². The lowest BCUT2D eigenvalue weighted by molar-refractivity contribution is -0.135. The molecular formula is C19H26N4O2. The second kappa shape index (κ2) is 7.14. The molecule has 0 saturated carbocycles. The van der Waals surface area contributed by atoms with Crippen LogP contribution in [0.25, 0.3) is 0 Å². The van der Waals surface area contributed by atoms with Gasteiger partial charge in [-0.25, -0.2) is 0 Å². The Hall–Kier alpha value is -1.92. The van der Waals surface area contributed by atoms with Crippen LogP contribution in [0.2, 0.25) is 0 Å². The van der Waals surface area contributed by atoms with Crippen LogP contribution in [-0.4, -0.2) is 73.5 Å². The predicted octanol–water partition coefficient (Wildman–Crippen LogP) is 0.472. The zero-order valence-electron chi connectivity index (χ0n) is 14.6. The van der Waals surface area contributed by atoms with Crippen LogP contribution in [0.4, 0.5) is 5.69 Å². The van der Waals surface area contributed by atoms with E-state index in [0.29, 0.717) is 6.54 Å². The molecule has 1 unspecified atom stereocenters. The molecule has 134 valence electrons. The topological polar surface area (TPSA) is 55.9 Å². The summed E-state index contributed by atoms with van der Waals surface area (Å²) in [6.45, 7) is 5.17. The molecule has 6 nitrogen and oxygen atoms in total. The van der Waals surface area contributed by atoms with E-state index in [9.17, 15) is 9.59 Å². The molecule has 0 spiro atoms. The SMILES string of the molecule is O=C(C1CCCN1)N1CCN(CC(=O)N2CCc3ccccc32)CC1. The molecule has 2 saturated heterocycles. The maximum absolute atomic E-state index is 12.7. The van der Waals surface area contributed by atoms with Gasteiger partial charge in [-0.3, -0.25) is 14.5 Å². The van der Waals surface area contributed by atoms with E-state index in [0.717, 1.165) is 64.2 Å². The molecule has 4 rings (SSSR count). The number of benzene rings is 1. The van der Waals surface area contributed by atoms with Crippen molar-refractivity contribution in [3.63, 3.8) is 0 Å². The Bertz CT molecular complexity index is 649. The average molecular weight is 342 g/mol. The number of para-hydroxylation sites is 1. The van der Waals surface area contributed by atoms with Gasteiger partial charge >= 0.3 is 0 Å². The molecule has 0 bridgehead atoms. The lowest BCUT2D eigenvalue weighted by atomic mass is 10.2. The first-order valence-corrected chi connectivity index (χ1v) is 9.35. The first-order valence-electron chi connectivity index (χ1n) is 9.35. The van der Waals surface area contributed by atoms with Gasteiger partial charge in [-0.15, -0.1) is 0 Å². The maximum Gasteiger partial charge on any atom is 0.241 e. The monoisotopic (exact) mass is 342 g/mol. The minimum atomic E-state index is 0.00860. The van der Waals surface area contributed by atoms with E-state index in [4.69, 9.17) is 0 Å². The van der Waals surface area contributed by atoms with Crippen molar-refractivity contribution < 1.29 is 9.59 Å². The molecule has 0 aliphatic carbocycles. The third kappa shape index (κ3) is 3.41. The summed E-state index contributed by atoms with van der Waals surface area (Å²) in [4.78, 5) is 31.2. The van der Waals surface area contributed by atoms with Crippen molar-refractivity contribution in [2.45, 2.75) is 25.3 Å². The normalized spacial score (nSPS) is 23.8. The molecular weight excluding hydrogens is 316 g/mol. The molecule has 3 heterocycles. The fourth-order valence-electron chi connectivity index (χ4n) is 4.12. The van der Waals surface area contributed by atoms with Crippen LogP contribution in [0, 0.1) is 0 Å². The number of piperazine rings is 1. The predicted molar refractivity (Wildman–Crippen MR) is 96.5 cm³/mol. The summed E-state index contributed by atoms with van der Waals surface area (Å²) in [6, 6.07) is 8.16. The van der Waals surface area contributed by atoms with Crippen molar-refractivity contribution in [3.05, 3.63) is 29.8 Å². The van der Waals surface area contributed by atoms with Crippen LogP contribution in [-0.2, 0) is 16.0 Å². The summed E-state index contributed by atoms with van der Waals surface area (Å²) in [5.41, 5.74) is 2.32. The molecule has 25 heavy (non-hydrogen) atoms. The highest BCUT2D eigenvalue weighted by molar-refractivity contribution is 5.96. The molecule has 3 aliphatic heterocycles. The molecule has 1 N–H and O–H groups in total. The third-order valence-electron chi connectivity index (χ3n) is 5.59. The number of carbonyl (C=O) groups is 2. The van der Waals surface area contributed by atoms with Gasteiger partial charge in [-0.05, 0) is 37.4 Å². The van der Waals surface area contributed by atoms with Crippen LogP contribution in [0.5, 0.6) is 0 Å². The third-order valence-corrected chi connectivity index (χ3v) is 5.59. The summed E-state index contributed by atoms with van der Waals surface area (Å²) >= 11 is 0. The summed E-state index contributed by atoms with van der Waals surface area (Å²) in [7, 11) is 0. The molecule has 1 aromatic carbocycles. The van der Waals surface area contributed by atoms with E-state index in [1.807, 2.05) is 28.0 Å². The minimum Gasteiger partial charge on any atom is -0.339 e. The fourth-order valence-corrected chi connectivity index (χ4v) is 4.12. The number of hydrogen-bond donors (Lipinski definition) is 1. The van der Waals surface area contributed by atoms with E-state index in [2.05, 4.69) is 16.3 Å². The van der Waals surface area contributed by atoms with Gasteiger partial charge in [0, 0.05) is 38.4 Å². The summed E-state index contributed by atoms with van der Waals surface area (Å²) < 4.78 is 0. The highest BCUT2D eigenvalue weighted by Crippen LogP contribution is 2.27. The molecule has 6 heteroatoms. The minimum absolute atomic E-state index is 0.00860. The van der Waals surface area contributed by atoms with E-state index < -0.39 is 0 Å². The van der Waals surface area contributed by atoms with E-state index >= 15 is 0 Å². The standard InChI is InChI=1S/C19H26N4O2/c24-18(23-9-7-15-4-1-2-6-17(15)23)14-21-10-12-22(13-11-21)19(25)16-5-3-8-20-16/h1-2,4,6,16,20H,3,5,7-14H2. The Morgan fingerprint density at radius 1 is 1.08 bits per heavy atom. The number of amides is 2. The highest BCUT2D eigenvalue weighted by atomic mass is 16.2. The number of anilines is 1. The van der Waals surface area contributed by atoms with Crippen molar-refractivity contribution in [1.29, 1.82) is 0 Å². The number of carbonyl (C=O) groups excluding carboxylic acids is 2. The summed E-state index contributed by atoms with van der Waals surface area (Å²) in [5.74, 6) is 0.402. The van der Waals surface area contributed by atoms with Gasteiger partial charge in [0.15, 0.2) is 0 Å². The molecule has 2 fully saturated rings. The van der Waals surface area contributed by atoms with E-state index in [-0.39, 0.29) is 17.9 Å². The Morgan fingerprint density at radius 3 is 2.64 bits per heavy atom. The van der Waals surface area contributed by atoms with Gasteiger partial charge in [-0.2, -0.15) is 0 Å². The Labute approximate surface area is 148 Å². The smallest absolute Gasteiger partial charge is 0.241 e. The number of rotatable bonds is 3. The number of fused-ring (bicyclic) bond motifs is 1. The summed E-state index contributed by atoms with van der Waals surface area (Å²) in [6.07, 6.45) is 2.98. The van der Waals surface area contributed by atoms with Crippen molar-refractivity contribution in [1.82, 2.24) is 15.1 Å². The zero-order valence-corrected chi connectivity index (χ0v) is 14.6. The molecule has 1 atom stereocenters. The van der Waals surface area contributed by atoms with Crippen LogP contribution >= 0.6 is 0 Å². The lowest BCUT2D eigenvalue weighted by Gasteiger charge is -2.36. The number of hydrogen-bond acceptors (Lipinski definition) is 4. The van der Waals surface area contributed by atoms with Crippen molar-refractivity contribution in [3.8, 4) is 0 Å². The second-order valence-corrected chi connectivity index (χ2v) is 7.17. The number of nitrogens with one attached hydrogen (secondary N) is 1. The Kier molecular flexibility index (Phi) is 4.72. The van der Waals surface area contributed by atoms with Gasteiger partial charge in [0.25, 0.3) is 0 Å².